The van der Waals surface area contributed by atoms with Crippen molar-refractivity contribution >= 4 is 46.1 Å². The summed E-state index contributed by atoms with van der Waals surface area (Å²) in [5.41, 5.74) is 12.5. The highest BCUT2D eigenvalue weighted by molar-refractivity contribution is 7.98. The van der Waals surface area contributed by atoms with Crippen molar-refractivity contribution in [2.24, 2.45) is 0 Å². The summed E-state index contributed by atoms with van der Waals surface area (Å²) in [4.78, 5) is 1.12. The molecule has 0 heterocycles. The summed E-state index contributed by atoms with van der Waals surface area (Å²) in [6.07, 6.45) is 1.99. The molecule has 2 aromatic rings. The Balaban J connectivity index is 2.35. The molecule has 6 heteroatoms. The van der Waals surface area contributed by atoms with Crippen LogP contribution in [0, 0.1) is 5.82 Å². The first-order valence-electron chi connectivity index (χ1n) is 5.47. The second-order valence-electron chi connectivity index (χ2n) is 3.91. The molecule has 0 aliphatic rings. The number of thioether (sulfide) groups is 1. The van der Waals surface area contributed by atoms with Crippen LogP contribution in [0.5, 0.6) is 0 Å². The average Bonchev–Trinajstić information content (AvgIpc) is 2.42. The molecule has 0 spiro atoms. The summed E-state index contributed by atoms with van der Waals surface area (Å²) in [5.74, 6) is -0.645. The van der Waals surface area contributed by atoms with Gasteiger partial charge in [-0.1, -0.05) is 11.6 Å². The van der Waals surface area contributed by atoms with Gasteiger partial charge < -0.3 is 16.8 Å². The van der Waals surface area contributed by atoms with Crippen LogP contribution in [0.3, 0.4) is 0 Å². The fourth-order valence-corrected chi connectivity index (χ4v) is 2.17. The smallest absolute Gasteiger partial charge is 0.169 e. The van der Waals surface area contributed by atoms with Gasteiger partial charge >= 0.3 is 0 Å². The van der Waals surface area contributed by atoms with E-state index in [1.54, 1.807) is 11.8 Å². The molecule has 3 nitrogen and oxygen atoms in total. The number of nitrogen functional groups attached to an aromatic ring is 2. The fraction of sp³-hybridized carbons (Fsp3) is 0.0769. The number of hydrogen-bond acceptors (Lipinski definition) is 4. The van der Waals surface area contributed by atoms with E-state index in [2.05, 4.69) is 5.32 Å². The molecule has 0 fully saturated rings. The Bertz CT molecular complexity index is 602. The van der Waals surface area contributed by atoms with E-state index < -0.39 is 5.82 Å². The van der Waals surface area contributed by atoms with Crippen LogP contribution in [0.2, 0.25) is 5.02 Å². The molecule has 0 saturated carbocycles. The number of nitrogens with one attached hydrogen (secondary N) is 1. The van der Waals surface area contributed by atoms with Crippen LogP contribution >= 0.6 is 23.4 Å². The van der Waals surface area contributed by atoms with Crippen molar-refractivity contribution in [3.05, 3.63) is 41.2 Å². The average molecular weight is 298 g/mol. The zero-order valence-corrected chi connectivity index (χ0v) is 11.8. The lowest BCUT2D eigenvalue weighted by Crippen LogP contribution is -2.02. The fourth-order valence-electron chi connectivity index (χ4n) is 1.61. The summed E-state index contributed by atoms with van der Waals surface area (Å²) in [6.45, 7) is 0. The van der Waals surface area contributed by atoms with E-state index in [4.69, 9.17) is 23.1 Å². The van der Waals surface area contributed by atoms with Gasteiger partial charge in [-0.25, -0.2) is 4.39 Å². The Morgan fingerprint density at radius 2 is 1.79 bits per heavy atom. The minimum Gasteiger partial charge on any atom is -0.397 e. The van der Waals surface area contributed by atoms with Crippen molar-refractivity contribution in [2.75, 3.05) is 23.0 Å². The topological polar surface area (TPSA) is 64.1 Å². The molecule has 0 unspecified atom stereocenters. The van der Waals surface area contributed by atoms with Gasteiger partial charge in [0.1, 0.15) is 5.02 Å². The minimum atomic E-state index is -0.645. The van der Waals surface area contributed by atoms with E-state index in [-0.39, 0.29) is 22.1 Å². The molecule has 0 bridgehead atoms. The zero-order chi connectivity index (χ0) is 14.0. The molecule has 2 rings (SSSR count). The molecule has 0 amide bonds. The highest BCUT2D eigenvalue weighted by atomic mass is 35.5. The Labute approximate surface area is 120 Å². The predicted octanol–water partition coefficient (Wildman–Crippen LogP) is 4.11. The van der Waals surface area contributed by atoms with E-state index >= 15 is 0 Å². The van der Waals surface area contributed by atoms with Gasteiger partial charge in [0, 0.05) is 10.6 Å². The van der Waals surface area contributed by atoms with E-state index in [1.807, 2.05) is 30.5 Å². The van der Waals surface area contributed by atoms with Gasteiger partial charge in [-0.05, 0) is 36.6 Å². The van der Waals surface area contributed by atoms with Crippen LogP contribution in [0.1, 0.15) is 0 Å². The third-order valence-corrected chi connectivity index (χ3v) is 3.75. The molecular formula is C13H13ClFN3S. The number of rotatable bonds is 3. The predicted molar refractivity (Wildman–Crippen MR) is 81.7 cm³/mol. The second-order valence-corrected chi connectivity index (χ2v) is 5.17. The summed E-state index contributed by atoms with van der Waals surface area (Å²) < 4.78 is 14.0. The van der Waals surface area contributed by atoms with Gasteiger partial charge in [-0.15, -0.1) is 11.8 Å². The lowest BCUT2D eigenvalue weighted by molar-refractivity contribution is 0.633. The van der Waals surface area contributed by atoms with Crippen molar-refractivity contribution in [2.45, 2.75) is 4.90 Å². The molecular weight excluding hydrogens is 285 g/mol. The van der Waals surface area contributed by atoms with Gasteiger partial charge in [-0.2, -0.15) is 0 Å². The molecule has 0 atom stereocenters. The molecule has 100 valence electrons. The van der Waals surface area contributed by atoms with Crippen LogP contribution in [0.25, 0.3) is 0 Å². The molecule has 0 radical (unpaired) electrons. The van der Waals surface area contributed by atoms with Crippen LogP contribution in [0.15, 0.2) is 35.2 Å². The normalized spacial score (nSPS) is 10.5. The summed E-state index contributed by atoms with van der Waals surface area (Å²) in [7, 11) is 0. The summed E-state index contributed by atoms with van der Waals surface area (Å²) >= 11 is 7.40. The molecule has 0 aliphatic carbocycles. The number of halogens is 2. The first-order valence-corrected chi connectivity index (χ1v) is 7.07. The van der Waals surface area contributed by atoms with Crippen LogP contribution < -0.4 is 16.8 Å². The van der Waals surface area contributed by atoms with Crippen molar-refractivity contribution in [3.8, 4) is 0 Å². The van der Waals surface area contributed by atoms with E-state index in [9.17, 15) is 4.39 Å². The van der Waals surface area contributed by atoms with Crippen molar-refractivity contribution in [3.63, 3.8) is 0 Å². The molecule has 0 aromatic heterocycles. The lowest BCUT2D eigenvalue weighted by atomic mass is 10.2. The highest BCUT2D eigenvalue weighted by Gasteiger charge is 2.14. The molecule has 5 N–H and O–H groups in total. The third-order valence-electron chi connectivity index (χ3n) is 2.62. The summed E-state index contributed by atoms with van der Waals surface area (Å²) in [5, 5.41) is 2.78. The maximum atomic E-state index is 14.0. The zero-order valence-electron chi connectivity index (χ0n) is 10.2. The number of anilines is 4. The Kier molecular flexibility index (Phi) is 4.07. The van der Waals surface area contributed by atoms with Crippen molar-refractivity contribution in [1.82, 2.24) is 0 Å². The third kappa shape index (κ3) is 2.88. The Hall–Kier alpha value is -1.59. The number of nitrogens with two attached hydrogens (primary N) is 2. The van der Waals surface area contributed by atoms with Crippen molar-refractivity contribution < 1.29 is 4.39 Å². The summed E-state index contributed by atoms with van der Waals surface area (Å²) in [6, 6.07) is 8.98. The quantitative estimate of drug-likeness (QED) is 0.589. The van der Waals surface area contributed by atoms with Gasteiger partial charge in [0.2, 0.25) is 0 Å². The van der Waals surface area contributed by atoms with E-state index in [0.29, 0.717) is 0 Å². The van der Waals surface area contributed by atoms with Crippen LogP contribution in [0.4, 0.5) is 27.1 Å². The molecule has 0 saturated heterocycles. The second kappa shape index (κ2) is 5.59. The maximum absolute atomic E-state index is 14.0. The van der Waals surface area contributed by atoms with Crippen LogP contribution in [-0.2, 0) is 0 Å². The molecule has 0 aliphatic heterocycles. The van der Waals surface area contributed by atoms with Gasteiger partial charge in [-0.3, -0.25) is 0 Å². The maximum Gasteiger partial charge on any atom is 0.169 e. The van der Waals surface area contributed by atoms with E-state index in [0.717, 1.165) is 10.6 Å². The lowest BCUT2D eigenvalue weighted by Gasteiger charge is -2.13. The van der Waals surface area contributed by atoms with Gasteiger partial charge in [0.25, 0.3) is 0 Å². The standard InChI is InChI=1S/C13H13ClFN3S/c1-19-8-4-2-7(3-5-8)18-13-10(17)6-9(16)11(14)12(13)15/h2-6,18H,16-17H2,1H3. The van der Waals surface area contributed by atoms with Crippen molar-refractivity contribution in [1.29, 1.82) is 0 Å². The SMILES string of the molecule is CSc1ccc(Nc2c(N)cc(N)c(Cl)c2F)cc1. The first-order chi connectivity index (χ1) is 9.02. The minimum absolute atomic E-state index is 0.125. The monoisotopic (exact) mass is 297 g/mol. The van der Waals surface area contributed by atoms with Gasteiger partial charge in [0.15, 0.2) is 5.82 Å². The molecule has 19 heavy (non-hydrogen) atoms. The highest BCUT2D eigenvalue weighted by Crippen LogP contribution is 2.35. The van der Waals surface area contributed by atoms with Crippen LogP contribution in [-0.4, -0.2) is 6.26 Å². The number of benzene rings is 2. The molecule has 2 aromatic carbocycles. The first kappa shape index (κ1) is 13.8. The van der Waals surface area contributed by atoms with E-state index in [1.165, 1.54) is 6.07 Å². The van der Waals surface area contributed by atoms with Gasteiger partial charge in [0.05, 0.1) is 17.1 Å². The Morgan fingerprint density at radius 3 is 2.37 bits per heavy atom. The largest absolute Gasteiger partial charge is 0.397 e. The Morgan fingerprint density at radius 1 is 1.16 bits per heavy atom. The number of hydrogen-bond donors (Lipinski definition) is 3.